The summed E-state index contributed by atoms with van der Waals surface area (Å²) in [7, 11) is 0. The highest BCUT2D eigenvalue weighted by atomic mass is 16.5. The lowest BCUT2D eigenvalue weighted by Gasteiger charge is -2.40. The summed E-state index contributed by atoms with van der Waals surface area (Å²) in [6, 6.07) is 8.19. The van der Waals surface area contributed by atoms with Crippen LogP contribution in [0.2, 0.25) is 0 Å². The van der Waals surface area contributed by atoms with Crippen molar-refractivity contribution in [3.05, 3.63) is 61.2 Å². The number of fused-ring (bicyclic) bond motifs is 1. The van der Waals surface area contributed by atoms with E-state index in [-0.39, 0.29) is 30.2 Å². The van der Waals surface area contributed by atoms with Gasteiger partial charge in [-0.15, -0.1) is 13.2 Å². The van der Waals surface area contributed by atoms with Crippen molar-refractivity contribution in [3.8, 4) is 0 Å². The number of aliphatic hydroxyl groups is 1. The van der Waals surface area contributed by atoms with Gasteiger partial charge in [0.05, 0.1) is 30.6 Å². The van der Waals surface area contributed by atoms with E-state index in [0.29, 0.717) is 39.0 Å². The predicted octanol–water partition coefficient (Wildman–Crippen LogP) is 3.02. The molecule has 0 aromatic heterocycles. The van der Waals surface area contributed by atoms with Gasteiger partial charge in [-0.3, -0.25) is 14.4 Å². The highest BCUT2D eigenvalue weighted by Gasteiger charge is 2.75. The number of carbonyl (C=O) groups is 3. The number of nitrogens with zero attached hydrogens (tertiary/aromatic N) is 3. The maximum absolute atomic E-state index is 14.5. The molecule has 212 valence electrons. The Labute approximate surface area is 232 Å². The molecule has 3 fully saturated rings. The summed E-state index contributed by atoms with van der Waals surface area (Å²) in [4.78, 5) is 47.7. The molecule has 1 N–H and O–H groups in total. The summed E-state index contributed by atoms with van der Waals surface area (Å²) in [5.74, 6) is -2.15. The van der Waals surface area contributed by atoms with E-state index in [1.165, 1.54) is 0 Å². The van der Waals surface area contributed by atoms with E-state index in [1.807, 2.05) is 51.1 Å². The molecular formula is C31H43N3O5. The molecule has 3 aliphatic rings. The van der Waals surface area contributed by atoms with Crippen molar-refractivity contribution in [2.75, 3.05) is 26.2 Å². The molecule has 2 bridgehead atoms. The normalized spacial score (nSPS) is 27.9. The average Bonchev–Trinajstić information content (AvgIpc) is 3.56. The Kier molecular flexibility index (Phi) is 8.96. The summed E-state index contributed by atoms with van der Waals surface area (Å²) >= 11 is 0. The van der Waals surface area contributed by atoms with Crippen molar-refractivity contribution in [1.82, 2.24) is 14.7 Å². The van der Waals surface area contributed by atoms with Crippen LogP contribution < -0.4 is 0 Å². The molecule has 8 nitrogen and oxygen atoms in total. The van der Waals surface area contributed by atoms with Gasteiger partial charge >= 0.3 is 0 Å². The standard InChI is InChI=1S/C31H43N3O5/c1-6-16-32(17-7-2)28(36)25-24-14-15-31(39-24)26(25)29(37)34(23(20-35)21(4)5)27(31)30(38)33(18-8-3)19-22-12-10-9-11-13-22/h6,8-13,21,23-27,35H,1,3,7,14-20H2,2,4-5H3/t23-,24+,25-,26-,27?,31?/m0/s1. The van der Waals surface area contributed by atoms with Crippen LogP contribution in [0.3, 0.4) is 0 Å². The fraction of sp³-hybridized carbons (Fsp3) is 0.581. The van der Waals surface area contributed by atoms with Crippen LogP contribution in [0.15, 0.2) is 55.6 Å². The van der Waals surface area contributed by atoms with E-state index in [9.17, 15) is 19.5 Å². The number of aliphatic hydroxyl groups excluding tert-OH is 1. The number of likely N-dealkylation sites (tertiary alicyclic amines) is 1. The van der Waals surface area contributed by atoms with Gasteiger partial charge in [-0.1, -0.05) is 63.3 Å². The monoisotopic (exact) mass is 537 g/mol. The lowest BCUT2D eigenvalue weighted by Crippen LogP contribution is -2.59. The first-order chi connectivity index (χ1) is 18.7. The van der Waals surface area contributed by atoms with E-state index in [4.69, 9.17) is 4.74 Å². The SMILES string of the molecule is C=CCN(Cc1ccccc1)C(=O)C1N([C@@H](CO)C(C)C)C(=O)[C@@H]2[C@@H](C(=O)N(CC=C)CCC)[C@H]3CCC12O3. The maximum atomic E-state index is 14.5. The van der Waals surface area contributed by atoms with Gasteiger partial charge in [0.15, 0.2) is 0 Å². The molecule has 1 spiro atoms. The topological polar surface area (TPSA) is 90.4 Å². The number of benzene rings is 1. The molecule has 3 heterocycles. The molecular weight excluding hydrogens is 494 g/mol. The second kappa shape index (κ2) is 12.0. The first-order valence-corrected chi connectivity index (χ1v) is 14.2. The minimum Gasteiger partial charge on any atom is -0.394 e. The van der Waals surface area contributed by atoms with Crippen molar-refractivity contribution in [1.29, 1.82) is 0 Å². The summed E-state index contributed by atoms with van der Waals surface area (Å²) in [6.07, 6.45) is 4.87. The summed E-state index contributed by atoms with van der Waals surface area (Å²) < 4.78 is 6.62. The van der Waals surface area contributed by atoms with Crippen LogP contribution in [0, 0.1) is 17.8 Å². The van der Waals surface area contributed by atoms with E-state index in [0.717, 1.165) is 12.0 Å². The van der Waals surface area contributed by atoms with Crippen molar-refractivity contribution in [2.24, 2.45) is 17.8 Å². The number of amides is 3. The van der Waals surface area contributed by atoms with Crippen molar-refractivity contribution < 1.29 is 24.2 Å². The zero-order chi connectivity index (χ0) is 28.3. The van der Waals surface area contributed by atoms with Crippen LogP contribution in [0.1, 0.15) is 45.6 Å². The largest absolute Gasteiger partial charge is 0.394 e. The van der Waals surface area contributed by atoms with E-state index in [1.54, 1.807) is 26.9 Å². The van der Waals surface area contributed by atoms with Crippen LogP contribution in [0.25, 0.3) is 0 Å². The Morgan fingerprint density at radius 1 is 1.15 bits per heavy atom. The van der Waals surface area contributed by atoms with E-state index in [2.05, 4.69) is 13.2 Å². The Bertz CT molecular complexity index is 1080. The maximum Gasteiger partial charge on any atom is 0.249 e. The molecule has 4 rings (SSSR count). The second-order valence-corrected chi connectivity index (χ2v) is 11.4. The van der Waals surface area contributed by atoms with Gasteiger partial charge in [-0.25, -0.2) is 0 Å². The zero-order valence-electron chi connectivity index (χ0n) is 23.5. The lowest BCUT2D eigenvalue weighted by molar-refractivity contribution is -0.153. The number of ether oxygens (including phenoxy) is 1. The van der Waals surface area contributed by atoms with Gasteiger partial charge in [0, 0.05) is 26.2 Å². The molecule has 0 saturated carbocycles. The minimum absolute atomic E-state index is 0.102. The first-order valence-electron chi connectivity index (χ1n) is 14.2. The van der Waals surface area contributed by atoms with E-state index >= 15 is 0 Å². The number of hydrogen-bond donors (Lipinski definition) is 1. The molecule has 0 radical (unpaired) electrons. The van der Waals surface area contributed by atoms with E-state index < -0.39 is 35.6 Å². The van der Waals surface area contributed by atoms with Gasteiger partial charge in [0.2, 0.25) is 17.7 Å². The Morgan fingerprint density at radius 2 is 1.82 bits per heavy atom. The smallest absolute Gasteiger partial charge is 0.249 e. The third-order valence-corrected chi connectivity index (χ3v) is 8.60. The minimum atomic E-state index is -1.11. The quantitative estimate of drug-likeness (QED) is 0.391. The predicted molar refractivity (Wildman–Crippen MR) is 149 cm³/mol. The van der Waals surface area contributed by atoms with Crippen LogP contribution in [0.5, 0.6) is 0 Å². The molecule has 0 aliphatic carbocycles. The van der Waals surface area contributed by atoms with Gasteiger partial charge in [-0.2, -0.15) is 0 Å². The molecule has 39 heavy (non-hydrogen) atoms. The summed E-state index contributed by atoms with van der Waals surface area (Å²) in [5.41, 5.74) is -0.145. The van der Waals surface area contributed by atoms with Gasteiger partial charge in [0.25, 0.3) is 0 Å². The first kappa shape index (κ1) is 29.0. The molecule has 3 aliphatic heterocycles. The summed E-state index contributed by atoms with van der Waals surface area (Å²) in [6.45, 7) is 14.9. The van der Waals surface area contributed by atoms with Gasteiger partial charge in [0.1, 0.15) is 11.6 Å². The summed E-state index contributed by atoms with van der Waals surface area (Å²) in [5, 5.41) is 10.4. The third-order valence-electron chi connectivity index (χ3n) is 8.60. The number of rotatable bonds is 13. The van der Waals surface area contributed by atoms with Gasteiger partial charge < -0.3 is 24.5 Å². The van der Waals surface area contributed by atoms with Crippen molar-refractivity contribution in [2.45, 2.75) is 70.4 Å². The average molecular weight is 538 g/mol. The molecule has 2 unspecified atom stereocenters. The highest BCUT2D eigenvalue weighted by molar-refractivity contribution is 5.99. The Morgan fingerprint density at radius 3 is 2.41 bits per heavy atom. The Hall–Kier alpha value is -2.97. The molecule has 3 saturated heterocycles. The van der Waals surface area contributed by atoms with Gasteiger partial charge in [-0.05, 0) is 30.7 Å². The number of hydrogen-bond acceptors (Lipinski definition) is 5. The second-order valence-electron chi connectivity index (χ2n) is 11.4. The third kappa shape index (κ3) is 5.05. The molecule has 8 heteroatoms. The van der Waals surface area contributed by atoms with Crippen LogP contribution >= 0.6 is 0 Å². The van der Waals surface area contributed by atoms with Crippen LogP contribution in [-0.2, 0) is 25.7 Å². The zero-order valence-corrected chi connectivity index (χ0v) is 23.5. The Balaban J connectivity index is 1.77. The molecule has 6 atom stereocenters. The molecule has 3 amide bonds. The lowest BCUT2D eigenvalue weighted by atomic mass is 9.70. The highest BCUT2D eigenvalue weighted by Crippen LogP contribution is 2.59. The fourth-order valence-corrected chi connectivity index (χ4v) is 6.92. The van der Waals surface area contributed by atoms with Crippen molar-refractivity contribution in [3.63, 3.8) is 0 Å². The molecule has 1 aromatic rings. The van der Waals surface area contributed by atoms with Crippen LogP contribution in [-0.4, -0.2) is 87.6 Å². The fourth-order valence-electron chi connectivity index (χ4n) is 6.92. The van der Waals surface area contributed by atoms with Crippen LogP contribution in [0.4, 0.5) is 0 Å². The van der Waals surface area contributed by atoms with Crippen molar-refractivity contribution >= 4 is 17.7 Å². The number of carbonyl (C=O) groups excluding carboxylic acids is 3. The molecule has 1 aromatic carbocycles.